The monoisotopic (exact) mass is 340 g/mol. The number of hydrogen-bond acceptors (Lipinski definition) is 3. The van der Waals surface area contributed by atoms with Gasteiger partial charge in [0.15, 0.2) is 6.10 Å². The van der Waals surface area contributed by atoms with Gasteiger partial charge in [0, 0.05) is 4.47 Å². The summed E-state index contributed by atoms with van der Waals surface area (Å²) in [5.74, 6) is -0.00303. The van der Waals surface area contributed by atoms with E-state index in [1.165, 1.54) is 37.7 Å². The van der Waals surface area contributed by atoms with Gasteiger partial charge >= 0.3 is 5.97 Å². The smallest absolute Gasteiger partial charge is 0.339 e. The normalized spacial score (nSPS) is 17.8. The lowest BCUT2D eigenvalue weighted by atomic mass is 9.84. The molecule has 1 unspecified atom stereocenters. The molecule has 20 heavy (non-hydrogen) atoms. The molecule has 0 heterocycles. The van der Waals surface area contributed by atoms with Crippen LogP contribution in [-0.2, 0) is 9.53 Å². The quantitative estimate of drug-likeness (QED) is 0.839. The first kappa shape index (κ1) is 15.5. The van der Waals surface area contributed by atoms with E-state index in [9.17, 15) is 9.90 Å². The molecule has 0 radical (unpaired) electrons. The summed E-state index contributed by atoms with van der Waals surface area (Å²) < 4.78 is 5.82. The Morgan fingerprint density at radius 2 is 2.10 bits per heavy atom. The van der Waals surface area contributed by atoms with Gasteiger partial charge in [0.25, 0.3) is 0 Å². The Morgan fingerprint density at radius 1 is 1.40 bits per heavy atom. The van der Waals surface area contributed by atoms with Crippen molar-refractivity contribution in [3.8, 4) is 0 Å². The van der Waals surface area contributed by atoms with Crippen molar-refractivity contribution in [1.82, 2.24) is 0 Å². The van der Waals surface area contributed by atoms with Gasteiger partial charge in [-0.1, -0.05) is 47.3 Å². The summed E-state index contributed by atoms with van der Waals surface area (Å²) in [6.07, 6.45) is 5.13. The first-order valence-corrected chi connectivity index (χ1v) is 8.06. The third-order valence-corrected chi connectivity index (χ3v) is 4.58. The Hall–Kier alpha value is -0.870. The molecular weight excluding hydrogens is 320 g/mol. The van der Waals surface area contributed by atoms with E-state index in [2.05, 4.69) is 15.9 Å². The fourth-order valence-electron chi connectivity index (χ4n) is 2.82. The van der Waals surface area contributed by atoms with E-state index in [0.717, 1.165) is 4.47 Å². The third-order valence-electron chi connectivity index (χ3n) is 3.90. The minimum atomic E-state index is -1.20. The van der Waals surface area contributed by atoms with Crippen LogP contribution in [-0.4, -0.2) is 17.7 Å². The molecule has 1 fully saturated rings. The zero-order valence-corrected chi connectivity index (χ0v) is 13.4. The number of rotatable bonds is 4. The van der Waals surface area contributed by atoms with E-state index in [1.54, 1.807) is 6.92 Å². The van der Waals surface area contributed by atoms with Crippen molar-refractivity contribution in [3.63, 3.8) is 0 Å². The summed E-state index contributed by atoms with van der Waals surface area (Å²) in [7, 11) is 0. The van der Waals surface area contributed by atoms with Crippen molar-refractivity contribution in [3.05, 3.63) is 33.8 Å². The van der Waals surface area contributed by atoms with Crippen LogP contribution in [0.5, 0.6) is 0 Å². The van der Waals surface area contributed by atoms with Gasteiger partial charge in [0.2, 0.25) is 0 Å². The van der Waals surface area contributed by atoms with E-state index in [4.69, 9.17) is 4.74 Å². The second-order valence-electron chi connectivity index (χ2n) is 5.27. The van der Waals surface area contributed by atoms with Gasteiger partial charge in [-0.05, 0) is 42.9 Å². The van der Waals surface area contributed by atoms with Crippen molar-refractivity contribution in [2.24, 2.45) is 0 Å². The van der Waals surface area contributed by atoms with E-state index in [-0.39, 0.29) is 6.61 Å². The molecule has 1 aliphatic rings. The third kappa shape index (κ3) is 3.61. The van der Waals surface area contributed by atoms with Crippen molar-refractivity contribution in [1.29, 1.82) is 0 Å². The Kier molecular flexibility index (Phi) is 5.61. The van der Waals surface area contributed by atoms with Gasteiger partial charge in [-0.2, -0.15) is 0 Å². The van der Waals surface area contributed by atoms with Crippen molar-refractivity contribution in [2.75, 3.05) is 6.61 Å². The summed E-state index contributed by atoms with van der Waals surface area (Å²) in [5.41, 5.74) is 1.86. The Bertz CT molecular complexity index is 467. The lowest BCUT2D eigenvalue weighted by Gasteiger charge is -2.23. The molecule has 4 heteroatoms. The molecule has 0 spiro atoms. The highest BCUT2D eigenvalue weighted by Gasteiger charge is 2.22. The van der Waals surface area contributed by atoms with Gasteiger partial charge in [0.05, 0.1) is 6.61 Å². The summed E-state index contributed by atoms with van der Waals surface area (Å²) in [4.78, 5) is 11.6. The van der Waals surface area contributed by atoms with Gasteiger partial charge in [-0.15, -0.1) is 0 Å². The maximum Gasteiger partial charge on any atom is 0.339 e. The predicted octanol–water partition coefficient (Wildman–Crippen LogP) is 4.09. The molecule has 1 atom stereocenters. The molecule has 1 aromatic rings. The van der Waals surface area contributed by atoms with E-state index in [1.807, 2.05) is 18.2 Å². The van der Waals surface area contributed by atoms with E-state index < -0.39 is 12.1 Å². The molecule has 1 aliphatic carbocycles. The highest BCUT2D eigenvalue weighted by atomic mass is 79.9. The minimum absolute atomic E-state index is 0.275. The van der Waals surface area contributed by atoms with Crippen LogP contribution < -0.4 is 0 Å². The standard InChI is InChI=1S/C16H21BrO3/c1-2-20-16(19)15(18)12-8-9-13(14(17)10-12)11-6-4-3-5-7-11/h8-11,15,18H,2-7H2,1H3. The number of hydrogen-bond donors (Lipinski definition) is 1. The summed E-state index contributed by atoms with van der Waals surface area (Å²) in [5, 5.41) is 9.95. The second kappa shape index (κ2) is 7.23. The molecule has 0 bridgehead atoms. The molecule has 110 valence electrons. The Balaban J connectivity index is 2.14. The number of carbonyl (C=O) groups is 1. The van der Waals surface area contributed by atoms with E-state index >= 15 is 0 Å². The van der Waals surface area contributed by atoms with Crippen molar-refractivity contribution in [2.45, 2.75) is 51.0 Å². The molecule has 0 saturated heterocycles. The first-order chi connectivity index (χ1) is 9.63. The molecule has 2 rings (SSSR count). The van der Waals surface area contributed by atoms with Crippen LogP contribution in [0, 0.1) is 0 Å². The molecule has 3 nitrogen and oxygen atoms in total. The highest BCUT2D eigenvalue weighted by Crippen LogP contribution is 2.37. The minimum Gasteiger partial charge on any atom is -0.464 e. The maximum atomic E-state index is 11.6. The van der Waals surface area contributed by atoms with Crippen molar-refractivity contribution < 1.29 is 14.6 Å². The first-order valence-electron chi connectivity index (χ1n) is 7.27. The SMILES string of the molecule is CCOC(=O)C(O)c1ccc(C2CCCCC2)c(Br)c1. The molecule has 0 aliphatic heterocycles. The fraction of sp³-hybridized carbons (Fsp3) is 0.562. The average Bonchev–Trinajstić information content (AvgIpc) is 2.47. The molecule has 1 N–H and O–H groups in total. The van der Waals surface area contributed by atoms with Crippen LogP contribution >= 0.6 is 15.9 Å². The lowest BCUT2D eigenvalue weighted by molar-refractivity contribution is -0.153. The maximum absolute atomic E-state index is 11.6. The zero-order chi connectivity index (χ0) is 14.5. The number of aliphatic hydroxyl groups is 1. The fourth-order valence-corrected chi connectivity index (χ4v) is 3.54. The van der Waals surface area contributed by atoms with Crippen LogP contribution in [0.15, 0.2) is 22.7 Å². The van der Waals surface area contributed by atoms with Gasteiger partial charge in [0.1, 0.15) is 0 Å². The topological polar surface area (TPSA) is 46.5 Å². The average molecular weight is 341 g/mol. The van der Waals surface area contributed by atoms with E-state index in [0.29, 0.717) is 11.5 Å². The highest BCUT2D eigenvalue weighted by molar-refractivity contribution is 9.10. The zero-order valence-electron chi connectivity index (χ0n) is 11.8. The number of carbonyl (C=O) groups excluding carboxylic acids is 1. The van der Waals surface area contributed by atoms with Gasteiger partial charge in [-0.3, -0.25) is 0 Å². The largest absolute Gasteiger partial charge is 0.464 e. The summed E-state index contributed by atoms with van der Waals surface area (Å²) >= 11 is 3.58. The Morgan fingerprint density at radius 3 is 2.70 bits per heavy atom. The number of benzene rings is 1. The van der Waals surface area contributed by atoms with Gasteiger partial charge < -0.3 is 9.84 Å². The van der Waals surface area contributed by atoms with Crippen LogP contribution in [0.1, 0.15) is 62.2 Å². The second-order valence-corrected chi connectivity index (χ2v) is 6.12. The molecular formula is C16H21BrO3. The number of esters is 1. The lowest BCUT2D eigenvalue weighted by Crippen LogP contribution is -2.15. The number of halogens is 1. The molecule has 0 amide bonds. The molecule has 1 aromatic carbocycles. The van der Waals surface area contributed by atoms with Gasteiger partial charge in [-0.25, -0.2) is 4.79 Å². The summed E-state index contributed by atoms with van der Waals surface area (Å²) in [6, 6.07) is 5.69. The molecule has 0 aromatic heterocycles. The van der Waals surface area contributed by atoms with Crippen molar-refractivity contribution >= 4 is 21.9 Å². The number of aliphatic hydroxyl groups excluding tert-OH is 1. The summed E-state index contributed by atoms with van der Waals surface area (Å²) in [6.45, 7) is 2.00. The van der Waals surface area contributed by atoms with Crippen LogP contribution in [0.4, 0.5) is 0 Å². The Labute approximate surface area is 128 Å². The predicted molar refractivity (Wildman–Crippen MR) is 81.6 cm³/mol. The molecule has 1 saturated carbocycles. The van der Waals surface area contributed by atoms with Crippen LogP contribution in [0.25, 0.3) is 0 Å². The van der Waals surface area contributed by atoms with Crippen LogP contribution in [0.3, 0.4) is 0 Å². The van der Waals surface area contributed by atoms with Crippen LogP contribution in [0.2, 0.25) is 0 Å². The number of ether oxygens (including phenoxy) is 1.